The third kappa shape index (κ3) is 4.31. The molecule has 0 unspecified atom stereocenters. The molecular weight excluding hydrogens is 280 g/mol. The van der Waals surface area contributed by atoms with Gasteiger partial charge in [-0.25, -0.2) is 4.68 Å². The van der Waals surface area contributed by atoms with Gasteiger partial charge in [0.05, 0.1) is 0 Å². The number of halogens is 1. The van der Waals surface area contributed by atoms with E-state index in [9.17, 15) is 4.79 Å². The molecule has 7 heteroatoms. The number of benzene rings is 1. The molecule has 0 amide bonds. The summed E-state index contributed by atoms with van der Waals surface area (Å²) in [6.45, 7) is 0.621. The molecule has 20 heavy (non-hydrogen) atoms. The van der Waals surface area contributed by atoms with Gasteiger partial charge in [0, 0.05) is 24.4 Å². The summed E-state index contributed by atoms with van der Waals surface area (Å²) >= 11 is 5.94. The highest BCUT2D eigenvalue weighted by molar-refractivity contribution is 6.30. The smallest absolute Gasteiger partial charge is 0.303 e. The lowest BCUT2D eigenvalue weighted by atomic mass is 10.1. The highest BCUT2D eigenvalue weighted by Gasteiger charge is 2.07. The van der Waals surface area contributed by atoms with Crippen LogP contribution in [0.4, 0.5) is 0 Å². The summed E-state index contributed by atoms with van der Waals surface area (Å²) in [5.74, 6) is -0.0246. The first-order valence-electron chi connectivity index (χ1n) is 6.36. The van der Waals surface area contributed by atoms with Gasteiger partial charge in [0.25, 0.3) is 0 Å². The maximum Gasteiger partial charge on any atom is 0.303 e. The van der Waals surface area contributed by atoms with E-state index in [0.29, 0.717) is 24.4 Å². The summed E-state index contributed by atoms with van der Waals surface area (Å²) in [6, 6.07) is 7.55. The first-order chi connectivity index (χ1) is 9.65. The zero-order chi connectivity index (χ0) is 14.4. The number of carboxylic acids is 1. The van der Waals surface area contributed by atoms with Gasteiger partial charge < -0.3 is 5.11 Å². The van der Waals surface area contributed by atoms with Crippen LogP contribution in [0, 0.1) is 0 Å². The standard InChI is InChI=1S/C13H15ClN4O2/c14-11-5-3-4-10(8-11)9-12-15-16-17-18(12)7-2-1-6-13(19)20/h3-5,8H,1-2,6-7,9H2,(H,19,20). The van der Waals surface area contributed by atoms with Gasteiger partial charge in [0.2, 0.25) is 0 Å². The van der Waals surface area contributed by atoms with Crippen molar-refractivity contribution in [1.29, 1.82) is 0 Å². The normalized spacial score (nSPS) is 10.7. The van der Waals surface area contributed by atoms with Gasteiger partial charge in [-0.2, -0.15) is 0 Å². The first-order valence-corrected chi connectivity index (χ1v) is 6.74. The highest BCUT2D eigenvalue weighted by atomic mass is 35.5. The van der Waals surface area contributed by atoms with Crippen LogP contribution < -0.4 is 0 Å². The number of aliphatic carboxylic acids is 1. The van der Waals surface area contributed by atoms with E-state index < -0.39 is 5.97 Å². The van der Waals surface area contributed by atoms with E-state index in [4.69, 9.17) is 16.7 Å². The third-order valence-corrected chi connectivity index (χ3v) is 3.10. The van der Waals surface area contributed by atoms with Crippen molar-refractivity contribution in [2.75, 3.05) is 0 Å². The average Bonchev–Trinajstić information content (AvgIpc) is 2.82. The van der Waals surface area contributed by atoms with Gasteiger partial charge in [0.1, 0.15) is 0 Å². The number of hydrogen-bond donors (Lipinski definition) is 1. The fourth-order valence-corrected chi connectivity index (χ4v) is 2.10. The second kappa shape index (κ2) is 7.00. The predicted molar refractivity (Wildman–Crippen MR) is 73.6 cm³/mol. The zero-order valence-electron chi connectivity index (χ0n) is 10.9. The van der Waals surface area contributed by atoms with Crippen LogP contribution in [-0.4, -0.2) is 31.3 Å². The van der Waals surface area contributed by atoms with Crippen LogP contribution in [-0.2, 0) is 17.8 Å². The molecule has 0 atom stereocenters. The van der Waals surface area contributed by atoms with Crippen LogP contribution >= 0.6 is 11.6 Å². The van der Waals surface area contributed by atoms with Crippen molar-refractivity contribution in [3.8, 4) is 0 Å². The van der Waals surface area contributed by atoms with Crippen molar-refractivity contribution in [1.82, 2.24) is 20.2 Å². The van der Waals surface area contributed by atoms with Crippen molar-refractivity contribution in [2.45, 2.75) is 32.2 Å². The van der Waals surface area contributed by atoms with Gasteiger partial charge in [-0.1, -0.05) is 23.7 Å². The minimum absolute atomic E-state index is 0.172. The Bertz CT molecular complexity index is 585. The molecule has 0 fully saturated rings. The molecule has 0 aliphatic rings. The molecule has 1 aromatic carbocycles. The molecule has 6 nitrogen and oxygen atoms in total. The first kappa shape index (κ1) is 14.5. The largest absolute Gasteiger partial charge is 0.481 e. The van der Waals surface area contributed by atoms with E-state index in [0.717, 1.165) is 17.8 Å². The lowest BCUT2D eigenvalue weighted by molar-refractivity contribution is -0.137. The van der Waals surface area contributed by atoms with Gasteiger partial charge in [0.15, 0.2) is 5.82 Å². The third-order valence-electron chi connectivity index (χ3n) is 2.87. The van der Waals surface area contributed by atoms with E-state index in [2.05, 4.69) is 15.5 Å². The summed E-state index contributed by atoms with van der Waals surface area (Å²) in [5, 5.41) is 20.9. The fraction of sp³-hybridized carbons (Fsp3) is 0.385. The minimum atomic E-state index is -0.777. The molecule has 0 radical (unpaired) electrons. The van der Waals surface area contributed by atoms with E-state index in [1.807, 2.05) is 24.3 Å². The van der Waals surface area contributed by atoms with E-state index in [1.165, 1.54) is 0 Å². The monoisotopic (exact) mass is 294 g/mol. The zero-order valence-corrected chi connectivity index (χ0v) is 11.6. The summed E-state index contributed by atoms with van der Waals surface area (Å²) in [7, 11) is 0. The number of unbranched alkanes of at least 4 members (excludes halogenated alkanes) is 1. The molecule has 0 bridgehead atoms. The number of carbonyl (C=O) groups is 1. The molecule has 1 N–H and O–H groups in total. The van der Waals surface area contributed by atoms with Crippen LogP contribution in [0.25, 0.3) is 0 Å². The molecule has 2 aromatic rings. The van der Waals surface area contributed by atoms with Crippen molar-refractivity contribution in [3.63, 3.8) is 0 Å². The molecule has 1 aromatic heterocycles. The van der Waals surface area contributed by atoms with Crippen molar-refractivity contribution < 1.29 is 9.90 Å². The van der Waals surface area contributed by atoms with Gasteiger partial charge in [-0.3, -0.25) is 4.79 Å². The summed E-state index contributed by atoms with van der Waals surface area (Å²) in [5.41, 5.74) is 1.04. The molecule has 0 aliphatic carbocycles. The van der Waals surface area contributed by atoms with Crippen LogP contribution in [0.1, 0.15) is 30.7 Å². The maximum atomic E-state index is 10.4. The minimum Gasteiger partial charge on any atom is -0.481 e. The molecule has 1 heterocycles. The fourth-order valence-electron chi connectivity index (χ4n) is 1.89. The summed E-state index contributed by atoms with van der Waals surface area (Å²) in [6.07, 6.45) is 2.13. The van der Waals surface area contributed by atoms with Crippen LogP contribution in [0.2, 0.25) is 5.02 Å². The Hall–Kier alpha value is -1.95. The van der Waals surface area contributed by atoms with E-state index in [1.54, 1.807) is 4.68 Å². The lowest BCUT2D eigenvalue weighted by Gasteiger charge is -2.04. The van der Waals surface area contributed by atoms with Crippen LogP contribution in [0.3, 0.4) is 0 Å². The number of tetrazole rings is 1. The summed E-state index contributed by atoms with van der Waals surface area (Å²) in [4.78, 5) is 10.4. The number of rotatable bonds is 7. The van der Waals surface area contributed by atoms with Crippen molar-refractivity contribution in [3.05, 3.63) is 40.7 Å². The van der Waals surface area contributed by atoms with Gasteiger partial charge in [-0.05, 0) is 41.0 Å². The topological polar surface area (TPSA) is 80.9 Å². The molecule has 0 spiro atoms. The SMILES string of the molecule is O=C(O)CCCCn1nnnc1Cc1cccc(Cl)c1. The summed E-state index contributed by atoms with van der Waals surface area (Å²) < 4.78 is 1.71. The molecular formula is C13H15ClN4O2. The van der Waals surface area contributed by atoms with E-state index >= 15 is 0 Å². The van der Waals surface area contributed by atoms with Crippen molar-refractivity contribution >= 4 is 17.6 Å². The second-order valence-electron chi connectivity index (χ2n) is 4.48. The molecule has 0 saturated heterocycles. The van der Waals surface area contributed by atoms with Gasteiger partial charge >= 0.3 is 5.97 Å². The van der Waals surface area contributed by atoms with Crippen LogP contribution in [0.15, 0.2) is 24.3 Å². The highest BCUT2D eigenvalue weighted by Crippen LogP contribution is 2.13. The molecule has 106 valence electrons. The number of hydrogen-bond acceptors (Lipinski definition) is 4. The Kier molecular flexibility index (Phi) is 5.06. The second-order valence-corrected chi connectivity index (χ2v) is 4.91. The van der Waals surface area contributed by atoms with Crippen LogP contribution in [0.5, 0.6) is 0 Å². The quantitative estimate of drug-likeness (QED) is 0.792. The Morgan fingerprint density at radius 2 is 2.20 bits per heavy atom. The van der Waals surface area contributed by atoms with Gasteiger partial charge in [-0.15, -0.1) is 5.10 Å². The Balaban J connectivity index is 1.93. The predicted octanol–water partition coefficient (Wildman–Crippen LogP) is 2.17. The number of carboxylic acid groups (broad SMARTS) is 1. The molecule has 2 rings (SSSR count). The number of nitrogens with zero attached hydrogens (tertiary/aromatic N) is 4. The molecule has 0 saturated carbocycles. The van der Waals surface area contributed by atoms with Crippen molar-refractivity contribution in [2.24, 2.45) is 0 Å². The Morgan fingerprint density at radius 1 is 1.35 bits per heavy atom. The molecule has 0 aliphatic heterocycles. The Morgan fingerprint density at radius 3 is 2.95 bits per heavy atom. The lowest BCUT2D eigenvalue weighted by Crippen LogP contribution is -2.07. The van der Waals surface area contributed by atoms with E-state index in [-0.39, 0.29) is 6.42 Å². The average molecular weight is 295 g/mol. The number of aryl methyl sites for hydroxylation is 1. The Labute approximate surface area is 121 Å². The number of aromatic nitrogens is 4. The maximum absolute atomic E-state index is 10.4.